The summed E-state index contributed by atoms with van der Waals surface area (Å²) < 4.78 is 11.0. The molecule has 0 aromatic heterocycles. The first-order valence-electron chi connectivity index (χ1n) is 6.13. The van der Waals surface area contributed by atoms with Crippen LogP contribution in [0.15, 0.2) is 0 Å². The molecule has 3 N–H and O–H groups in total. The van der Waals surface area contributed by atoms with E-state index in [-0.39, 0.29) is 18.0 Å². The summed E-state index contributed by atoms with van der Waals surface area (Å²) in [6, 6.07) is 0. The maximum atomic E-state index is 12.2. The van der Waals surface area contributed by atoms with E-state index >= 15 is 0 Å². The lowest BCUT2D eigenvalue weighted by Crippen LogP contribution is -2.11. The maximum Gasteiger partial charge on any atom is 0.168 e. The fraction of sp³-hybridized carbons (Fsp3) is 0.462. The minimum Gasteiger partial charge on any atom is -0.504 e. The highest BCUT2D eigenvalue weighted by atomic mass is 16.5. The number of benzene rings is 1. The van der Waals surface area contributed by atoms with E-state index < -0.39 is 0 Å². The van der Waals surface area contributed by atoms with Crippen LogP contribution in [0.1, 0.15) is 27.9 Å². The van der Waals surface area contributed by atoms with Crippen molar-refractivity contribution in [1.82, 2.24) is 0 Å². The second-order valence-electron chi connectivity index (χ2n) is 4.50. The third-order valence-electron chi connectivity index (χ3n) is 3.43. The molecule has 96 valence electrons. The lowest BCUT2D eigenvalue weighted by atomic mass is 9.94. The predicted molar refractivity (Wildman–Crippen MR) is 64.5 cm³/mol. The van der Waals surface area contributed by atoms with Crippen molar-refractivity contribution in [2.24, 2.45) is 5.73 Å². The average molecular weight is 249 g/mol. The standard InChI is InChI=1S/C13H15NO4/c14-4-1-9(15)10-7-2-5-18-13(7)11(16)8-3-6-17-12(8)10/h16H,1-6,14H2. The summed E-state index contributed by atoms with van der Waals surface area (Å²) in [5, 5.41) is 10.1. The Hall–Kier alpha value is -1.75. The van der Waals surface area contributed by atoms with E-state index in [2.05, 4.69) is 0 Å². The highest BCUT2D eigenvalue weighted by molar-refractivity contribution is 6.02. The van der Waals surface area contributed by atoms with Gasteiger partial charge in [-0.3, -0.25) is 4.79 Å². The maximum absolute atomic E-state index is 12.2. The molecule has 2 aliphatic heterocycles. The second kappa shape index (κ2) is 4.17. The van der Waals surface area contributed by atoms with Crippen LogP contribution < -0.4 is 15.2 Å². The molecule has 1 aromatic carbocycles. The highest BCUT2D eigenvalue weighted by Gasteiger charge is 2.33. The van der Waals surface area contributed by atoms with Gasteiger partial charge in [-0.25, -0.2) is 0 Å². The summed E-state index contributed by atoms with van der Waals surface area (Å²) in [4.78, 5) is 12.2. The molecular weight excluding hydrogens is 234 g/mol. The summed E-state index contributed by atoms with van der Waals surface area (Å²) in [6.07, 6.45) is 1.53. The smallest absolute Gasteiger partial charge is 0.168 e. The SMILES string of the molecule is NCCC(=O)c1c2c(c(O)c3c1OCC3)OCC2. The molecule has 0 radical (unpaired) electrons. The number of Topliss-reactive ketones (excluding diaryl/α,β-unsaturated/α-hetero) is 1. The van der Waals surface area contributed by atoms with Crippen molar-refractivity contribution < 1.29 is 19.4 Å². The van der Waals surface area contributed by atoms with Gasteiger partial charge in [-0.05, 0) is 6.54 Å². The van der Waals surface area contributed by atoms with E-state index in [1.54, 1.807) is 0 Å². The molecule has 18 heavy (non-hydrogen) atoms. The lowest BCUT2D eigenvalue weighted by Gasteiger charge is -2.13. The van der Waals surface area contributed by atoms with E-state index in [1.165, 1.54) is 0 Å². The molecule has 0 amide bonds. The Labute approximate surface area is 104 Å². The quantitative estimate of drug-likeness (QED) is 0.774. The average Bonchev–Trinajstić information content (AvgIpc) is 2.97. The van der Waals surface area contributed by atoms with Gasteiger partial charge in [0.15, 0.2) is 17.3 Å². The van der Waals surface area contributed by atoms with Crippen LogP contribution in [0.3, 0.4) is 0 Å². The van der Waals surface area contributed by atoms with E-state index in [4.69, 9.17) is 15.2 Å². The Morgan fingerprint density at radius 3 is 2.56 bits per heavy atom. The van der Waals surface area contributed by atoms with Crippen LogP contribution in [0, 0.1) is 0 Å². The summed E-state index contributed by atoms with van der Waals surface area (Å²) in [6.45, 7) is 1.30. The van der Waals surface area contributed by atoms with Gasteiger partial charge in [-0.2, -0.15) is 0 Å². The fourth-order valence-corrected chi connectivity index (χ4v) is 2.64. The Morgan fingerprint density at radius 2 is 1.83 bits per heavy atom. The first-order chi connectivity index (χ1) is 8.74. The van der Waals surface area contributed by atoms with Gasteiger partial charge in [0.05, 0.1) is 18.8 Å². The van der Waals surface area contributed by atoms with Crippen LogP contribution in [0.4, 0.5) is 0 Å². The zero-order valence-corrected chi connectivity index (χ0v) is 9.99. The second-order valence-corrected chi connectivity index (χ2v) is 4.50. The lowest BCUT2D eigenvalue weighted by molar-refractivity contribution is 0.0981. The van der Waals surface area contributed by atoms with E-state index in [0.29, 0.717) is 55.2 Å². The Morgan fingerprint density at radius 1 is 1.17 bits per heavy atom. The highest BCUT2D eigenvalue weighted by Crippen LogP contribution is 2.48. The van der Waals surface area contributed by atoms with E-state index in [9.17, 15) is 9.90 Å². The van der Waals surface area contributed by atoms with E-state index in [0.717, 1.165) is 5.56 Å². The molecule has 0 unspecified atom stereocenters. The predicted octanol–water partition coefficient (Wildman–Crippen LogP) is 0.794. The molecule has 0 fully saturated rings. The van der Waals surface area contributed by atoms with Crippen LogP contribution >= 0.6 is 0 Å². The molecule has 0 bridgehead atoms. The van der Waals surface area contributed by atoms with Crippen molar-refractivity contribution in [3.05, 3.63) is 16.7 Å². The largest absolute Gasteiger partial charge is 0.504 e. The fourth-order valence-electron chi connectivity index (χ4n) is 2.64. The number of phenolic OH excluding ortho intramolecular Hbond substituents is 1. The topological polar surface area (TPSA) is 81.8 Å². The molecule has 0 spiro atoms. The summed E-state index contributed by atoms with van der Waals surface area (Å²) in [5.41, 5.74) is 7.47. The van der Waals surface area contributed by atoms with Gasteiger partial charge in [0.2, 0.25) is 0 Å². The molecule has 0 saturated carbocycles. The third kappa shape index (κ3) is 1.47. The van der Waals surface area contributed by atoms with Crippen LogP contribution in [0.5, 0.6) is 17.2 Å². The van der Waals surface area contributed by atoms with Crippen molar-refractivity contribution in [3.63, 3.8) is 0 Å². The number of ether oxygens (including phenoxy) is 2. The molecule has 5 heteroatoms. The third-order valence-corrected chi connectivity index (χ3v) is 3.43. The van der Waals surface area contributed by atoms with Crippen molar-refractivity contribution in [3.8, 4) is 17.2 Å². The Bertz CT molecular complexity index is 489. The van der Waals surface area contributed by atoms with Crippen molar-refractivity contribution in [2.75, 3.05) is 19.8 Å². The van der Waals surface area contributed by atoms with Crippen molar-refractivity contribution in [1.29, 1.82) is 0 Å². The molecule has 3 rings (SSSR count). The number of fused-ring (bicyclic) bond motifs is 2. The van der Waals surface area contributed by atoms with Crippen molar-refractivity contribution in [2.45, 2.75) is 19.3 Å². The van der Waals surface area contributed by atoms with Gasteiger partial charge in [0, 0.05) is 30.4 Å². The zero-order chi connectivity index (χ0) is 12.7. The number of hydrogen-bond donors (Lipinski definition) is 2. The first-order valence-corrected chi connectivity index (χ1v) is 6.13. The number of rotatable bonds is 3. The van der Waals surface area contributed by atoms with Gasteiger partial charge in [-0.1, -0.05) is 0 Å². The zero-order valence-electron chi connectivity index (χ0n) is 9.99. The molecular formula is C13H15NO4. The monoisotopic (exact) mass is 249 g/mol. The molecule has 0 saturated heterocycles. The number of phenols is 1. The molecule has 2 aliphatic rings. The number of nitrogens with two attached hydrogens (primary N) is 1. The minimum atomic E-state index is -0.0302. The number of carbonyl (C=O) groups excluding carboxylic acids is 1. The summed E-state index contributed by atoms with van der Waals surface area (Å²) in [7, 11) is 0. The number of ketones is 1. The number of carbonyl (C=O) groups is 1. The van der Waals surface area contributed by atoms with Crippen molar-refractivity contribution >= 4 is 5.78 Å². The van der Waals surface area contributed by atoms with Gasteiger partial charge in [-0.15, -0.1) is 0 Å². The van der Waals surface area contributed by atoms with Crippen LogP contribution in [0.25, 0.3) is 0 Å². The van der Waals surface area contributed by atoms with Gasteiger partial charge in [0.1, 0.15) is 5.75 Å². The first kappa shape index (κ1) is 11.3. The van der Waals surface area contributed by atoms with Gasteiger partial charge >= 0.3 is 0 Å². The molecule has 2 heterocycles. The Balaban J connectivity index is 2.21. The van der Waals surface area contributed by atoms with Crippen LogP contribution in [0.2, 0.25) is 0 Å². The molecule has 5 nitrogen and oxygen atoms in total. The summed E-state index contributed by atoms with van der Waals surface area (Å²) >= 11 is 0. The normalized spacial score (nSPS) is 15.8. The Kier molecular flexibility index (Phi) is 2.63. The van der Waals surface area contributed by atoms with Crippen LogP contribution in [-0.2, 0) is 12.8 Å². The number of aromatic hydroxyl groups is 1. The van der Waals surface area contributed by atoms with Gasteiger partial charge < -0.3 is 20.3 Å². The molecule has 0 atom stereocenters. The van der Waals surface area contributed by atoms with Gasteiger partial charge in [0.25, 0.3) is 0 Å². The van der Waals surface area contributed by atoms with E-state index in [1.807, 2.05) is 0 Å². The number of hydrogen-bond acceptors (Lipinski definition) is 5. The molecule has 1 aromatic rings. The summed E-state index contributed by atoms with van der Waals surface area (Å²) in [5.74, 6) is 1.10. The minimum absolute atomic E-state index is 0.0302. The molecule has 0 aliphatic carbocycles. The van der Waals surface area contributed by atoms with Crippen LogP contribution in [-0.4, -0.2) is 30.6 Å².